The van der Waals surface area contributed by atoms with Gasteiger partial charge in [-0.25, -0.2) is 14.5 Å². The molecule has 0 amide bonds. The third-order valence-corrected chi connectivity index (χ3v) is 5.24. The zero-order valence-corrected chi connectivity index (χ0v) is 17.4. The van der Waals surface area contributed by atoms with Crippen LogP contribution in [0.4, 0.5) is 13.2 Å². The monoisotopic (exact) mass is 451 g/mol. The molecular weight excluding hydrogens is 427 g/mol. The number of hydrogen-bond acceptors (Lipinski definition) is 6. The Balaban J connectivity index is 0.000000360. The van der Waals surface area contributed by atoms with Crippen molar-refractivity contribution in [2.24, 2.45) is 0 Å². The molecule has 3 aromatic rings. The third kappa shape index (κ3) is 6.36. The number of benzene rings is 1. The van der Waals surface area contributed by atoms with Crippen molar-refractivity contribution in [2.75, 3.05) is 13.1 Å². The normalized spacial score (nSPS) is 16.2. The summed E-state index contributed by atoms with van der Waals surface area (Å²) in [5.41, 5.74) is 2.07. The lowest BCUT2D eigenvalue weighted by molar-refractivity contribution is -0.192. The van der Waals surface area contributed by atoms with E-state index in [-0.39, 0.29) is 0 Å². The maximum absolute atomic E-state index is 10.6. The summed E-state index contributed by atoms with van der Waals surface area (Å²) in [7, 11) is 0. The van der Waals surface area contributed by atoms with E-state index in [4.69, 9.17) is 9.90 Å². The molecule has 3 heterocycles. The average Bonchev–Trinajstić information content (AvgIpc) is 3.47. The smallest absolute Gasteiger partial charge is 0.475 e. The van der Waals surface area contributed by atoms with Crippen molar-refractivity contribution in [3.63, 3.8) is 0 Å². The number of hydrogen-bond donors (Lipinski definition) is 1. The molecule has 9 nitrogen and oxygen atoms in total. The molecule has 172 valence electrons. The van der Waals surface area contributed by atoms with Crippen molar-refractivity contribution in [2.45, 2.75) is 44.6 Å². The maximum atomic E-state index is 10.6. The number of piperidine rings is 1. The topological polar surface area (TPSA) is 102 Å². The molecule has 1 aliphatic rings. The highest BCUT2D eigenvalue weighted by Crippen LogP contribution is 2.25. The fourth-order valence-corrected chi connectivity index (χ4v) is 3.50. The summed E-state index contributed by atoms with van der Waals surface area (Å²) in [6, 6.07) is 11.1. The van der Waals surface area contributed by atoms with Gasteiger partial charge in [0.1, 0.15) is 18.3 Å². The lowest BCUT2D eigenvalue weighted by Crippen LogP contribution is -2.42. The van der Waals surface area contributed by atoms with Crippen LogP contribution in [-0.2, 0) is 11.3 Å². The van der Waals surface area contributed by atoms with E-state index in [1.165, 1.54) is 0 Å². The lowest BCUT2D eigenvalue weighted by Gasteiger charge is -2.35. The van der Waals surface area contributed by atoms with Gasteiger partial charge < -0.3 is 5.11 Å². The number of carboxylic acids is 1. The summed E-state index contributed by atoms with van der Waals surface area (Å²) < 4.78 is 35.7. The van der Waals surface area contributed by atoms with E-state index in [1.54, 1.807) is 12.7 Å². The van der Waals surface area contributed by atoms with Gasteiger partial charge in [0.25, 0.3) is 0 Å². The van der Waals surface area contributed by atoms with E-state index in [0.717, 1.165) is 43.7 Å². The van der Waals surface area contributed by atoms with Crippen LogP contribution in [0.3, 0.4) is 0 Å². The number of aliphatic carboxylic acids is 1. The average molecular weight is 451 g/mol. The van der Waals surface area contributed by atoms with Crippen LogP contribution in [0, 0.1) is 0 Å². The Hall–Kier alpha value is -3.28. The molecule has 1 fully saturated rings. The molecule has 32 heavy (non-hydrogen) atoms. The molecule has 0 radical (unpaired) electrons. The Kier molecular flexibility index (Phi) is 7.57. The first kappa shape index (κ1) is 23.4. The Morgan fingerprint density at radius 2 is 1.88 bits per heavy atom. The molecule has 12 heteroatoms. The van der Waals surface area contributed by atoms with Crippen LogP contribution >= 0.6 is 0 Å². The van der Waals surface area contributed by atoms with Crippen molar-refractivity contribution < 1.29 is 23.1 Å². The quantitative estimate of drug-likeness (QED) is 0.636. The van der Waals surface area contributed by atoms with Gasteiger partial charge in [0.05, 0.1) is 18.8 Å². The Morgan fingerprint density at radius 1 is 1.22 bits per heavy atom. The van der Waals surface area contributed by atoms with Gasteiger partial charge in [-0.15, -0.1) is 5.10 Å². The minimum atomic E-state index is -5.08. The van der Waals surface area contributed by atoms with Gasteiger partial charge in [-0.3, -0.25) is 9.58 Å². The first-order valence-corrected chi connectivity index (χ1v) is 10.1. The summed E-state index contributed by atoms with van der Waals surface area (Å²) in [5, 5.41) is 20.0. The van der Waals surface area contributed by atoms with E-state index in [9.17, 15) is 13.2 Å². The van der Waals surface area contributed by atoms with Crippen LogP contribution in [-0.4, -0.2) is 71.0 Å². The van der Waals surface area contributed by atoms with Crippen LogP contribution in [0.15, 0.2) is 49.2 Å². The van der Waals surface area contributed by atoms with E-state index in [0.29, 0.717) is 12.1 Å². The number of aromatic nitrogens is 6. The molecular formula is C20H24F3N7O2. The van der Waals surface area contributed by atoms with Crippen LogP contribution in [0.5, 0.6) is 0 Å². The van der Waals surface area contributed by atoms with E-state index in [2.05, 4.69) is 50.5 Å². The number of alkyl halides is 3. The fraction of sp³-hybridized carbons (Fsp3) is 0.450. The van der Waals surface area contributed by atoms with E-state index >= 15 is 0 Å². The molecule has 1 atom stereocenters. The Bertz CT molecular complexity index is 969. The number of rotatable bonds is 5. The lowest BCUT2D eigenvalue weighted by atomic mass is 10.0. The van der Waals surface area contributed by atoms with Crippen molar-refractivity contribution in [3.8, 4) is 11.3 Å². The summed E-state index contributed by atoms with van der Waals surface area (Å²) in [5.74, 6) is -2.76. The SMILES string of the molecule is CC(Cn1cncn1)N1CCC(n2cc(-c3ccccc3)nn2)CC1.O=C(O)C(F)(F)F. The zero-order chi connectivity index (χ0) is 23.1. The van der Waals surface area contributed by atoms with Crippen molar-refractivity contribution in [1.29, 1.82) is 0 Å². The Morgan fingerprint density at radius 3 is 2.44 bits per heavy atom. The summed E-state index contributed by atoms with van der Waals surface area (Å²) in [6.45, 7) is 5.28. The molecule has 1 aromatic carbocycles. The number of halogens is 3. The van der Waals surface area contributed by atoms with Crippen LogP contribution < -0.4 is 0 Å². The van der Waals surface area contributed by atoms with Gasteiger partial charge in [0.2, 0.25) is 0 Å². The summed E-state index contributed by atoms with van der Waals surface area (Å²) >= 11 is 0. The van der Waals surface area contributed by atoms with Crippen molar-refractivity contribution in [3.05, 3.63) is 49.2 Å². The number of nitrogens with zero attached hydrogens (tertiary/aromatic N) is 7. The maximum Gasteiger partial charge on any atom is 0.490 e. The fourth-order valence-electron chi connectivity index (χ4n) is 3.50. The van der Waals surface area contributed by atoms with Crippen molar-refractivity contribution >= 4 is 5.97 Å². The van der Waals surface area contributed by atoms with Gasteiger partial charge in [0, 0.05) is 24.7 Å². The van der Waals surface area contributed by atoms with Gasteiger partial charge >= 0.3 is 12.1 Å². The molecule has 0 bridgehead atoms. The molecule has 0 saturated carbocycles. The van der Waals surface area contributed by atoms with Crippen LogP contribution in [0.25, 0.3) is 11.3 Å². The van der Waals surface area contributed by atoms with Crippen LogP contribution in [0.1, 0.15) is 25.8 Å². The van der Waals surface area contributed by atoms with Gasteiger partial charge in [-0.2, -0.15) is 18.3 Å². The molecule has 1 unspecified atom stereocenters. The largest absolute Gasteiger partial charge is 0.490 e. The molecule has 0 aliphatic carbocycles. The van der Waals surface area contributed by atoms with E-state index < -0.39 is 12.1 Å². The highest BCUT2D eigenvalue weighted by atomic mass is 19.4. The first-order chi connectivity index (χ1) is 15.2. The molecule has 1 aliphatic heterocycles. The standard InChI is InChI=1S/C18H23N7.C2HF3O2/c1-15(11-24-14-19-13-20-24)23-9-7-17(8-10-23)25-12-18(21-22-25)16-5-3-2-4-6-16;3-2(4,5)1(6)7/h2-6,12-15,17H,7-11H2,1H3;(H,6,7). The number of carbonyl (C=O) groups is 1. The zero-order valence-electron chi connectivity index (χ0n) is 17.4. The highest BCUT2D eigenvalue weighted by Gasteiger charge is 2.38. The van der Waals surface area contributed by atoms with Crippen molar-refractivity contribution in [1.82, 2.24) is 34.7 Å². The number of likely N-dealkylation sites (tertiary alicyclic amines) is 1. The molecule has 1 saturated heterocycles. The van der Waals surface area contributed by atoms with Crippen LogP contribution in [0.2, 0.25) is 0 Å². The minimum Gasteiger partial charge on any atom is -0.475 e. The minimum absolute atomic E-state index is 0.430. The number of carboxylic acid groups (broad SMARTS) is 1. The van der Waals surface area contributed by atoms with Gasteiger partial charge in [-0.1, -0.05) is 35.5 Å². The highest BCUT2D eigenvalue weighted by molar-refractivity contribution is 5.73. The predicted octanol–water partition coefficient (Wildman–Crippen LogP) is 2.90. The molecule has 1 N–H and O–H groups in total. The van der Waals surface area contributed by atoms with Gasteiger partial charge in [0.15, 0.2) is 0 Å². The van der Waals surface area contributed by atoms with Gasteiger partial charge in [-0.05, 0) is 19.8 Å². The first-order valence-electron chi connectivity index (χ1n) is 10.1. The second-order valence-electron chi connectivity index (χ2n) is 7.49. The third-order valence-electron chi connectivity index (χ3n) is 5.24. The molecule has 0 spiro atoms. The second kappa shape index (κ2) is 10.4. The summed E-state index contributed by atoms with van der Waals surface area (Å²) in [6.07, 6.45) is 2.56. The Labute approximate surface area is 182 Å². The molecule has 4 rings (SSSR count). The predicted molar refractivity (Wildman–Crippen MR) is 108 cm³/mol. The summed E-state index contributed by atoms with van der Waals surface area (Å²) in [4.78, 5) is 15.4. The molecule has 2 aromatic heterocycles. The second-order valence-corrected chi connectivity index (χ2v) is 7.49. The van der Waals surface area contributed by atoms with E-state index in [1.807, 2.05) is 27.6 Å².